The van der Waals surface area contributed by atoms with Crippen LogP contribution in [0.1, 0.15) is 24.1 Å². The van der Waals surface area contributed by atoms with E-state index in [2.05, 4.69) is 10.3 Å². The molecule has 1 heterocycles. The molecule has 0 unspecified atom stereocenters. The van der Waals surface area contributed by atoms with E-state index in [1.165, 1.54) is 25.0 Å². The fourth-order valence-electron chi connectivity index (χ4n) is 2.00. The van der Waals surface area contributed by atoms with Gasteiger partial charge in [-0.15, -0.1) is 0 Å². The first kappa shape index (κ1) is 12.8. The van der Waals surface area contributed by atoms with E-state index in [0.717, 1.165) is 11.3 Å². The Hall–Kier alpha value is -2.21. The maximum Gasteiger partial charge on any atom is 0.270 e. The lowest BCUT2D eigenvalue weighted by Gasteiger charge is -2.01. The first-order valence-electron chi connectivity index (χ1n) is 6.56. The molecule has 6 heteroatoms. The van der Waals surface area contributed by atoms with E-state index in [4.69, 9.17) is 4.42 Å². The van der Waals surface area contributed by atoms with E-state index in [1.807, 2.05) is 6.92 Å². The number of rotatable bonds is 5. The second-order valence-corrected chi connectivity index (χ2v) is 5.06. The summed E-state index contributed by atoms with van der Waals surface area (Å²) in [6, 6.07) is 5.30. The molecule has 0 aliphatic heterocycles. The van der Waals surface area contributed by atoms with Crippen LogP contribution in [0.3, 0.4) is 0 Å². The standard InChI is InChI=1S/C14H15N3O3/c1-9-2-5-12(17(18)19)6-13(9)14-16-11(8-20-14)7-15-10-3-4-10/h2,5-6,8,10,15H,3-4,7H2,1H3. The molecule has 6 nitrogen and oxygen atoms in total. The van der Waals surface area contributed by atoms with Gasteiger partial charge in [0.05, 0.1) is 10.6 Å². The summed E-state index contributed by atoms with van der Waals surface area (Å²) in [6.07, 6.45) is 4.03. The molecule has 0 saturated heterocycles. The smallest absolute Gasteiger partial charge is 0.270 e. The van der Waals surface area contributed by atoms with Gasteiger partial charge in [-0.05, 0) is 25.3 Å². The highest BCUT2D eigenvalue weighted by Gasteiger charge is 2.21. The summed E-state index contributed by atoms with van der Waals surface area (Å²) in [5, 5.41) is 14.2. The molecule has 1 aliphatic carbocycles. The van der Waals surface area contributed by atoms with Crippen LogP contribution < -0.4 is 5.32 Å². The number of benzene rings is 1. The summed E-state index contributed by atoms with van der Waals surface area (Å²) in [5.74, 6) is 0.429. The third-order valence-electron chi connectivity index (χ3n) is 3.36. The van der Waals surface area contributed by atoms with Crippen LogP contribution in [0.25, 0.3) is 11.5 Å². The lowest BCUT2D eigenvalue weighted by molar-refractivity contribution is -0.384. The SMILES string of the molecule is Cc1ccc([N+](=O)[O-])cc1-c1nc(CNC2CC2)co1. The summed E-state index contributed by atoms with van der Waals surface area (Å²) in [5.41, 5.74) is 2.43. The molecule has 2 aromatic rings. The van der Waals surface area contributed by atoms with Crippen molar-refractivity contribution in [1.29, 1.82) is 0 Å². The summed E-state index contributed by atoms with van der Waals surface area (Å²) in [7, 11) is 0. The molecular weight excluding hydrogens is 258 g/mol. The second-order valence-electron chi connectivity index (χ2n) is 5.06. The van der Waals surface area contributed by atoms with Crippen LogP contribution in [0.2, 0.25) is 0 Å². The Morgan fingerprint density at radius 2 is 2.30 bits per heavy atom. The minimum Gasteiger partial charge on any atom is -0.444 e. The van der Waals surface area contributed by atoms with Crippen molar-refractivity contribution in [3.63, 3.8) is 0 Å². The monoisotopic (exact) mass is 273 g/mol. The van der Waals surface area contributed by atoms with E-state index < -0.39 is 4.92 Å². The van der Waals surface area contributed by atoms with E-state index in [9.17, 15) is 10.1 Å². The predicted octanol–water partition coefficient (Wildman–Crippen LogP) is 2.81. The average Bonchev–Trinajstić information content (AvgIpc) is 3.14. The number of oxazole rings is 1. The lowest BCUT2D eigenvalue weighted by Crippen LogP contribution is -2.15. The van der Waals surface area contributed by atoms with Crippen molar-refractivity contribution in [3.8, 4) is 11.5 Å². The minimum absolute atomic E-state index is 0.0430. The number of aromatic nitrogens is 1. The van der Waals surface area contributed by atoms with Crippen molar-refractivity contribution in [2.24, 2.45) is 0 Å². The Kier molecular flexibility index (Phi) is 3.23. The Labute approximate surface area is 116 Å². The molecule has 0 radical (unpaired) electrons. The summed E-state index contributed by atoms with van der Waals surface area (Å²) in [4.78, 5) is 14.8. The van der Waals surface area contributed by atoms with Gasteiger partial charge in [-0.3, -0.25) is 10.1 Å². The largest absolute Gasteiger partial charge is 0.444 e. The number of hydrogen-bond donors (Lipinski definition) is 1. The molecule has 1 fully saturated rings. The van der Waals surface area contributed by atoms with Gasteiger partial charge in [-0.1, -0.05) is 6.07 Å². The van der Waals surface area contributed by atoms with Gasteiger partial charge in [-0.2, -0.15) is 0 Å². The molecule has 104 valence electrons. The van der Waals surface area contributed by atoms with Crippen molar-refractivity contribution in [2.75, 3.05) is 0 Å². The number of nitro benzene ring substituents is 1. The van der Waals surface area contributed by atoms with E-state index in [-0.39, 0.29) is 5.69 Å². The number of nitrogens with one attached hydrogen (secondary N) is 1. The number of aryl methyl sites for hydroxylation is 1. The van der Waals surface area contributed by atoms with Gasteiger partial charge in [-0.25, -0.2) is 4.98 Å². The molecule has 0 atom stereocenters. The summed E-state index contributed by atoms with van der Waals surface area (Å²) < 4.78 is 5.45. The molecule has 1 aliphatic rings. The minimum atomic E-state index is -0.415. The zero-order chi connectivity index (χ0) is 14.1. The van der Waals surface area contributed by atoms with Crippen LogP contribution in [-0.4, -0.2) is 15.9 Å². The zero-order valence-electron chi connectivity index (χ0n) is 11.1. The van der Waals surface area contributed by atoms with Crippen molar-refractivity contribution in [2.45, 2.75) is 32.4 Å². The maximum atomic E-state index is 10.8. The highest BCUT2D eigenvalue weighted by Crippen LogP contribution is 2.27. The summed E-state index contributed by atoms with van der Waals surface area (Å²) in [6.45, 7) is 2.55. The summed E-state index contributed by atoms with van der Waals surface area (Å²) >= 11 is 0. The van der Waals surface area contributed by atoms with Gasteiger partial charge in [0, 0.05) is 30.3 Å². The molecule has 1 aromatic carbocycles. The fourth-order valence-corrected chi connectivity index (χ4v) is 2.00. The lowest BCUT2D eigenvalue weighted by atomic mass is 10.1. The van der Waals surface area contributed by atoms with Gasteiger partial charge in [0.1, 0.15) is 6.26 Å². The molecule has 1 N–H and O–H groups in total. The average molecular weight is 273 g/mol. The van der Waals surface area contributed by atoms with Crippen LogP contribution in [0.15, 0.2) is 28.9 Å². The first-order chi connectivity index (χ1) is 9.63. The molecular formula is C14H15N3O3. The van der Waals surface area contributed by atoms with Gasteiger partial charge < -0.3 is 9.73 Å². The highest BCUT2D eigenvalue weighted by molar-refractivity contribution is 5.62. The Morgan fingerprint density at radius 3 is 3.00 bits per heavy atom. The normalized spacial score (nSPS) is 14.4. The topological polar surface area (TPSA) is 81.2 Å². The number of hydrogen-bond acceptors (Lipinski definition) is 5. The molecule has 0 bridgehead atoms. The van der Waals surface area contributed by atoms with Crippen molar-refractivity contribution in [3.05, 3.63) is 45.8 Å². The second kappa shape index (κ2) is 5.05. The zero-order valence-corrected chi connectivity index (χ0v) is 11.1. The fraction of sp³-hybridized carbons (Fsp3) is 0.357. The van der Waals surface area contributed by atoms with Crippen LogP contribution in [0.5, 0.6) is 0 Å². The molecule has 20 heavy (non-hydrogen) atoms. The van der Waals surface area contributed by atoms with Crippen LogP contribution >= 0.6 is 0 Å². The Morgan fingerprint density at radius 1 is 1.50 bits per heavy atom. The maximum absolute atomic E-state index is 10.8. The molecule has 3 rings (SSSR count). The quantitative estimate of drug-likeness (QED) is 0.669. The van der Waals surface area contributed by atoms with Crippen molar-refractivity contribution in [1.82, 2.24) is 10.3 Å². The van der Waals surface area contributed by atoms with Crippen LogP contribution in [-0.2, 0) is 6.54 Å². The molecule has 0 amide bonds. The Balaban J connectivity index is 1.83. The van der Waals surface area contributed by atoms with Gasteiger partial charge in [0.15, 0.2) is 0 Å². The first-order valence-corrected chi connectivity index (χ1v) is 6.56. The predicted molar refractivity (Wildman–Crippen MR) is 73.2 cm³/mol. The third kappa shape index (κ3) is 2.70. The highest BCUT2D eigenvalue weighted by atomic mass is 16.6. The molecule has 0 spiro atoms. The van der Waals surface area contributed by atoms with Crippen molar-refractivity contribution < 1.29 is 9.34 Å². The number of nitro groups is 1. The van der Waals surface area contributed by atoms with E-state index in [0.29, 0.717) is 24.0 Å². The van der Waals surface area contributed by atoms with E-state index >= 15 is 0 Å². The molecule has 1 saturated carbocycles. The number of nitrogens with zero attached hydrogens (tertiary/aromatic N) is 2. The van der Waals surface area contributed by atoms with E-state index in [1.54, 1.807) is 12.3 Å². The van der Waals surface area contributed by atoms with Gasteiger partial charge >= 0.3 is 0 Å². The number of non-ortho nitro benzene ring substituents is 1. The van der Waals surface area contributed by atoms with Crippen LogP contribution in [0.4, 0.5) is 5.69 Å². The van der Waals surface area contributed by atoms with Crippen LogP contribution in [0, 0.1) is 17.0 Å². The third-order valence-corrected chi connectivity index (χ3v) is 3.36. The van der Waals surface area contributed by atoms with Gasteiger partial charge in [0.2, 0.25) is 5.89 Å². The molecule has 1 aromatic heterocycles. The van der Waals surface area contributed by atoms with Gasteiger partial charge in [0.25, 0.3) is 5.69 Å². The van der Waals surface area contributed by atoms with Crippen molar-refractivity contribution >= 4 is 5.69 Å². The Bertz CT molecular complexity index is 647.